The minimum atomic E-state index is -0.352. The summed E-state index contributed by atoms with van der Waals surface area (Å²) in [5.41, 5.74) is 7.33. The molecule has 0 unspecified atom stereocenters. The lowest BCUT2D eigenvalue weighted by atomic mass is 9.99. The average Bonchev–Trinajstić information content (AvgIpc) is 2.56. The van der Waals surface area contributed by atoms with Crippen LogP contribution in [0.4, 0.5) is 5.69 Å². The first-order valence-corrected chi connectivity index (χ1v) is 7.43. The molecule has 4 nitrogen and oxygen atoms in total. The first-order valence-electron chi connectivity index (χ1n) is 7.43. The number of fused-ring (bicyclic) bond motifs is 1. The fourth-order valence-corrected chi connectivity index (χ4v) is 2.72. The standard InChI is InChI=1S/C19H18N2O2/c1-12(15-8-4-6-13-5-2-3-7-16(13)15)21-19(23)17-11-14(20)9-10-18(17)22/h2-12,22H,20H2,1H3,(H,21,23)/t12-/m1/s1. The van der Waals surface area contributed by atoms with Gasteiger partial charge in [-0.25, -0.2) is 0 Å². The minimum absolute atomic E-state index is 0.0816. The van der Waals surface area contributed by atoms with Gasteiger partial charge < -0.3 is 16.2 Å². The predicted molar refractivity (Wildman–Crippen MR) is 92.3 cm³/mol. The lowest BCUT2D eigenvalue weighted by molar-refractivity contribution is 0.0937. The van der Waals surface area contributed by atoms with Crippen LogP contribution in [-0.2, 0) is 0 Å². The molecule has 23 heavy (non-hydrogen) atoms. The van der Waals surface area contributed by atoms with Crippen molar-refractivity contribution in [1.82, 2.24) is 5.32 Å². The molecule has 3 rings (SSSR count). The third kappa shape index (κ3) is 2.97. The first-order chi connectivity index (χ1) is 11.1. The van der Waals surface area contributed by atoms with Gasteiger partial charge in [-0.05, 0) is 41.5 Å². The number of benzene rings is 3. The average molecular weight is 306 g/mol. The van der Waals surface area contributed by atoms with Crippen LogP contribution in [-0.4, -0.2) is 11.0 Å². The lowest BCUT2D eigenvalue weighted by Gasteiger charge is -2.17. The number of anilines is 1. The quantitative estimate of drug-likeness (QED) is 0.511. The second-order valence-corrected chi connectivity index (χ2v) is 5.54. The van der Waals surface area contributed by atoms with Gasteiger partial charge in [0.2, 0.25) is 0 Å². The number of aromatic hydroxyl groups is 1. The third-order valence-corrected chi connectivity index (χ3v) is 3.90. The number of hydrogen-bond acceptors (Lipinski definition) is 3. The normalized spacial score (nSPS) is 12.0. The zero-order valence-electron chi connectivity index (χ0n) is 12.8. The van der Waals surface area contributed by atoms with Gasteiger partial charge in [0.1, 0.15) is 5.75 Å². The molecule has 0 saturated heterocycles. The molecule has 0 aliphatic carbocycles. The second kappa shape index (κ2) is 6.01. The molecule has 3 aromatic carbocycles. The maximum Gasteiger partial charge on any atom is 0.255 e. The zero-order valence-corrected chi connectivity index (χ0v) is 12.8. The van der Waals surface area contributed by atoms with Crippen molar-refractivity contribution in [1.29, 1.82) is 0 Å². The highest BCUT2D eigenvalue weighted by molar-refractivity contribution is 5.98. The van der Waals surface area contributed by atoms with E-state index in [0.717, 1.165) is 16.3 Å². The van der Waals surface area contributed by atoms with E-state index in [0.29, 0.717) is 5.69 Å². The molecule has 0 aliphatic heterocycles. The molecule has 0 bridgehead atoms. The van der Waals surface area contributed by atoms with E-state index in [1.807, 2.05) is 49.4 Å². The molecule has 0 fully saturated rings. The van der Waals surface area contributed by atoms with E-state index in [1.165, 1.54) is 12.1 Å². The number of nitrogens with one attached hydrogen (secondary N) is 1. The molecule has 4 heteroatoms. The van der Waals surface area contributed by atoms with Crippen molar-refractivity contribution >= 4 is 22.4 Å². The maximum absolute atomic E-state index is 12.4. The highest BCUT2D eigenvalue weighted by Crippen LogP contribution is 2.25. The molecule has 0 aromatic heterocycles. The largest absolute Gasteiger partial charge is 0.507 e. The van der Waals surface area contributed by atoms with Crippen LogP contribution < -0.4 is 11.1 Å². The van der Waals surface area contributed by atoms with Gasteiger partial charge in [-0.15, -0.1) is 0 Å². The summed E-state index contributed by atoms with van der Waals surface area (Å²) in [5.74, 6) is -0.433. The summed E-state index contributed by atoms with van der Waals surface area (Å²) in [6, 6.07) is 18.3. The Morgan fingerprint density at radius 3 is 2.65 bits per heavy atom. The van der Waals surface area contributed by atoms with Gasteiger partial charge in [-0.2, -0.15) is 0 Å². The van der Waals surface area contributed by atoms with E-state index in [2.05, 4.69) is 5.32 Å². The van der Waals surface area contributed by atoms with E-state index in [4.69, 9.17) is 5.73 Å². The van der Waals surface area contributed by atoms with Crippen LogP contribution in [0.1, 0.15) is 28.9 Å². The summed E-state index contributed by atoms with van der Waals surface area (Å²) < 4.78 is 0. The van der Waals surface area contributed by atoms with Crippen LogP contribution in [0.15, 0.2) is 60.7 Å². The highest BCUT2D eigenvalue weighted by Gasteiger charge is 2.16. The van der Waals surface area contributed by atoms with Crippen molar-refractivity contribution < 1.29 is 9.90 Å². The molecule has 116 valence electrons. The van der Waals surface area contributed by atoms with Gasteiger partial charge in [0, 0.05) is 5.69 Å². The van der Waals surface area contributed by atoms with Crippen molar-refractivity contribution in [3.63, 3.8) is 0 Å². The molecule has 0 saturated carbocycles. The van der Waals surface area contributed by atoms with Crippen molar-refractivity contribution in [3.05, 3.63) is 71.8 Å². The molecule has 1 atom stereocenters. The molecule has 0 aliphatic rings. The summed E-state index contributed by atoms with van der Waals surface area (Å²) in [5, 5.41) is 15.0. The summed E-state index contributed by atoms with van der Waals surface area (Å²) >= 11 is 0. The predicted octanol–water partition coefficient (Wildman–Crippen LogP) is 3.62. The molecular weight excluding hydrogens is 288 g/mol. The van der Waals surface area contributed by atoms with E-state index in [-0.39, 0.29) is 23.3 Å². The van der Waals surface area contributed by atoms with Crippen LogP contribution in [0.3, 0.4) is 0 Å². The molecule has 0 heterocycles. The monoisotopic (exact) mass is 306 g/mol. The number of nitrogens with two attached hydrogens (primary N) is 1. The zero-order chi connectivity index (χ0) is 16.4. The lowest BCUT2D eigenvalue weighted by Crippen LogP contribution is -2.27. The third-order valence-electron chi connectivity index (χ3n) is 3.90. The van der Waals surface area contributed by atoms with Crippen molar-refractivity contribution in [3.8, 4) is 5.75 Å². The van der Waals surface area contributed by atoms with Gasteiger partial charge >= 0.3 is 0 Å². The Morgan fingerprint density at radius 2 is 1.83 bits per heavy atom. The SMILES string of the molecule is C[C@@H](NC(=O)c1cc(N)ccc1O)c1cccc2ccccc12. The van der Waals surface area contributed by atoms with Crippen molar-refractivity contribution in [2.24, 2.45) is 0 Å². The molecular formula is C19H18N2O2. The van der Waals surface area contributed by atoms with Crippen LogP contribution in [0.2, 0.25) is 0 Å². The molecule has 4 N–H and O–H groups in total. The summed E-state index contributed by atoms with van der Waals surface area (Å²) in [4.78, 5) is 12.4. The van der Waals surface area contributed by atoms with Crippen LogP contribution >= 0.6 is 0 Å². The number of phenolic OH excluding ortho intramolecular Hbond substituents is 1. The van der Waals surface area contributed by atoms with E-state index >= 15 is 0 Å². The van der Waals surface area contributed by atoms with Gasteiger partial charge in [0.25, 0.3) is 5.91 Å². The van der Waals surface area contributed by atoms with E-state index in [1.54, 1.807) is 6.07 Å². The number of rotatable bonds is 3. The highest BCUT2D eigenvalue weighted by atomic mass is 16.3. The van der Waals surface area contributed by atoms with Gasteiger partial charge in [0.05, 0.1) is 11.6 Å². The number of nitrogen functional groups attached to an aromatic ring is 1. The Morgan fingerprint density at radius 1 is 1.09 bits per heavy atom. The number of hydrogen-bond donors (Lipinski definition) is 3. The van der Waals surface area contributed by atoms with Gasteiger partial charge in [-0.3, -0.25) is 4.79 Å². The van der Waals surface area contributed by atoms with E-state index in [9.17, 15) is 9.90 Å². The fraction of sp³-hybridized carbons (Fsp3) is 0.105. The molecule has 0 spiro atoms. The maximum atomic E-state index is 12.4. The minimum Gasteiger partial charge on any atom is -0.507 e. The Balaban J connectivity index is 1.90. The van der Waals surface area contributed by atoms with Crippen molar-refractivity contribution in [2.75, 3.05) is 5.73 Å². The van der Waals surface area contributed by atoms with Gasteiger partial charge in [0.15, 0.2) is 0 Å². The summed E-state index contributed by atoms with van der Waals surface area (Å²) in [6.07, 6.45) is 0. The topological polar surface area (TPSA) is 75.4 Å². The van der Waals surface area contributed by atoms with Crippen LogP contribution in [0.25, 0.3) is 10.8 Å². The Kier molecular flexibility index (Phi) is 3.89. The number of carbonyl (C=O) groups is 1. The Bertz CT molecular complexity index is 869. The molecule has 1 amide bonds. The molecule has 3 aromatic rings. The van der Waals surface area contributed by atoms with Gasteiger partial charge in [-0.1, -0.05) is 42.5 Å². The number of amides is 1. The van der Waals surface area contributed by atoms with E-state index < -0.39 is 0 Å². The fourth-order valence-electron chi connectivity index (χ4n) is 2.72. The number of carbonyl (C=O) groups excluding carboxylic acids is 1. The summed E-state index contributed by atoms with van der Waals surface area (Å²) in [7, 11) is 0. The number of phenols is 1. The second-order valence-electron chi connectivity index (χ2n) is 5.54. The Hall–Kier alpha value is -3.01. The Labute approximate surface area is 134 Å². The summed E-state index contributed by atoms with van der Waals surface area (Å²) in [6.45, 7) is 1.92. The van der Waals surface area contributed by atoms with Crippen LogP contribution in [0, 0.1) is 0 Å². The smallest absolute Gasteiger partial charge is 0.255 e. The first kappa shape index (κ1) is 14.9. The van der Waals surface area contributed by atoms with Crippen LogP contribution in [0.5, 0.6) is 5.75 Å². The van der Waals surface area contributed by atoms with Crippen molar-refractivity contribution in [2.45, 2.75) is 13.0 Å². The molecule has 0 radical (unpaired) electrons.